The molecule has 5 heteroatoms. The van der Waals surface area contributed by atoms with Gasteiger partial charge in [-0.05, 0) is 6.42 Å². The molecule has 0 amide bonds. The number of nitrogens with one attached hydrogen (secondary N) is 1. The van der Waals surface area contributed by atoms with E-state index in [4.69, 9.17) is 0 Å². The van der Waals surface area contributed by atoms with E-state index in [1.165, 1.54) is 7.11 Å². The third kappa shape index (κ3) is 6.28. The van der Waals surface area contributed by atoms with Gasteiger partial charge in [0.15, 0.2) is 0 Å². The van der Waals surface area contributed by atoms with Crippen LogP contribution >= 0.6 is 0 Å². The Balaban J connectivity index is 3.39. The van der Waals surface area contributed by atoms with Crippen LogP contribution in [0.25, 0.3) is 0 Å². The quantitative estimate of drug-likeness (QED) is 0.461. The van der Waals surface area contributed by atoms with Crippen molar-refractivity contribution in [3.05, 3.63) is 0 Å². The normalized spacial score (nSPS) is 11.8. The van der Waals surface area contributed by atoms with Crippen LogP contribution in [0.2, 0.25) is 0 Å². The van der Waals surface area contributed by atoms with Crippen LogP contribution in [0, 0.1) is 0 Å². The number of hydrogen-bond donors (Lipinski definition) is 1. The molecule has 1 N–H and O–H groups in total. The Morgan fingerprint density at radius 3 is 2.55 bits per heavy atom. The van der Waals surface area contributed by atoms with E-state index in [-0.39, 0.29) is 11.5 Å². The highest BCUT2D eigenvalue weighted by Crippen LogP contribution is 1.91. The predicted octanol–water partition coefficient (Wildman–Crippen LogP) is -0.0378. The van der Waals surface area contributed by atoms with Gasteiger partial charge in [0.25, 0.3) is 0 Å². The SMILES string of the molecule is CCS(=O)(=O)CCCNOC. The van der Waals surface area contributed by atoms with Gasteiger partial charge >= 0.3 is 0 Å². The Morgan fingerprint density at radius 1 is 1.45 bits per heavy atom. The van der Waals surface area contributed by atoms with E-state index in [0.29, 0.717) is 13.0 Å². The first-order valence-electron chi connectivity index (χ1n) is 3.58. The number of rotatable bonds is 6. The van der Waals surface area contributed by atoms with Crippen molar-refractivity contribution in [2.45, 2.75) is 13.3 Å². The van der Waals surface area contributed by atoms with Crippen LogP contribution in [-0.2, 0) is 14.7 Å². The third-order valence-electron chi connectivity index (χ3n) is 1.32. The summed E-state index contributed by atoms with van der Waals surface area (Å²) < 4.78 is 21.8. The summed E-state index contributed by atoms with van der Waals surface area (Å²) in [6, 6.07) is 0. The molecule has 0 aliphatic heterocycles. The van der Waals surface area contributed by atoms with Gasteiger partial charge in [-0.3, -0.25) is 0 Å². The molecule has 0 bridgehead atoms. The van der Waals surface area contributed by atoms with Crippen molar-refractivity contribution >= 4 is 9.84 Å². The number of sulfone groups is 1. The predicted molar refractivity (Wildman–Crippen MR) is 44.0 cm³/mol. The molecule has 11 heavy (non-hydrogen) atoms. The van der Waals surface area contributed by atoms with Crippen molar-refractivity contribution < 1.29 is 13.3 Å². The van der Waals surface area contributed by atoms with Crippen molar-refractivity contribution in [2.24, 2.45) is 0 Å². The van der Waals surface area contributed by atoms with Gasteiger partial charge in [0.05, 0.1) is 12.9 Å². The molecule has 0 saturated heterocycles. The molecule has 0 aliphatic rings. The van der Waals surface area contributed by atoms with Crippen molar-refractivity contribution in [3.8, 4) is 0 Å². The lowest BCUT2D eigenvalue weighted by Crippen LogP contribution is -2.18. The highest BCUT2D eigenvalue weighted by Gasteiger charge is 2.05. The molecule has 0 atom stereocenters. The zero-order valence-electron chi connectivity index (χ0n) is 6.96. The molecule has 0 radical (unpaired) electrons. The lowest BCUT2D eigenvalue weighted by Gasteiger charge is -2.01. The Bertz CT molecular complexity index is 176. The second kappa shape index (κ2) is 5.51. The van der Waals surface area contributed by atoms with Crippen LogP contribution in [0.3, 0.4) is 0 Å². The highest BCUT2D eigenvalue weighted by molar-refractivity contribution is 7.91. The zero-order valence-corrected chi connectivity index (χ0v) is 7.78. The molecule has 0 heterocycles. The summed E-state index contributed by atoms with van der Waals surface area (Å²) in [4.78, 5) is 4.55. The smallest absolute Gasteiger partial charge is 0.150 e. The van der Waals surface area contributed by atoms with E-state index in [0.717, 1.165) is 0 Å². The molecular weight excluding hydrogens is 166 g/mol. The van der Waals surface area contributed by atoms with E-state index in [1.807, 2.05) is 0 Å². The summed E-state index contributed by atoms with van der Waals surface area (Å²) in [6.45, 7) is 2.23. The van der Waals surface area contributed by atoms with Gasteiger partial charge in [-0.2, -0.15) is 0 Å². The summed E-state index contributed by atoms with van der Waals surface area (Å²) in [5.74, 6) is 0.458. The molecule has 0 unspecified atom stereocenters. The largest absolute Gasteiger partial charge is 0.305 e. The lowest BCUT2D eigenvalue weighted by molar-refractivity contribution is 0.0922. The average Bonchev–Trinajstić information content (AvgIpc) is 1.99. The summed E-state index contributed by atoms with van der Waals surface area (Å²) in [7, 11) is -1.29. The number of hydrogen-bond acceptors (Lipinski definition) is 4. The molecule has 0 spiro atoms. The lowest BCUT2D eigenvalue weighted by atomic mass is 10.5. The monoisotopic (exact) mass is 181 g/mol. The van der Waals surface area contributed by atoms with E-state index in [1.54, 1.807) is 6.92 Å². The van der Waals surface area contributed by atoms with Gasteiger partial charge in [0, 0.05) is 12.3 Å². The van der Waals surface area contributed by atoms with Gasteiger partial charge in [-0.1, -0.05) is 6.92 Å². The van der Waals surface area contributed by atoms with Gasteiger partial charge in [-0.25, -0.2) is 13.9 Å². The Hall–Kier alpha value is -0.130. The number of hydroxylamine groups is 1. The Morgan fingerprint density at radius 2 is 2.09 bits per heavy atom. The molecule has 0 aromatic rings. The summed E-state index contributed by atoms with van der Waals surface area (Å²) >= 11 is 0. The molecular formula is C6H15NO3S. The standard InChI is InChI=1S/C6H15NO3S/c1-3-11(8,9)6-4-5-7-10-2/h7H,3-6H2,1-2H3. The fourth-order valence-electron chi connectivity index (χ4n) is 0.611. The minimum atomic E-state index is -2.80. The van der Waals surface area contributed by atoms with Crippen molar-refractivity contribution in [3.63, 3.8) is 0 Å². The third-order valence-corrected chi connectivity index (χ3v) is 3.11. The average molecular weight is 181 g/mol. The van der Waals surface area contributed by atoms with E-state index >= 15 is 0 Å². The van der Waals surface area contributed by atoms with E-state index < -0.39 is 9.84 Å². The maximum absolute atomic E-state index is 10.9. The molecule has 0 saturated carbocycles. The summed E-state index contributed by atoms with van der Waals surface area (Å²) in [6.07, 6.45) is 0.601. The van der Waals surface area contributed by atoms with Crippen LogP contribution in [-0.4, -0.2) is 33.6 Å². The first-order chi connectivity index (χ1) is 5.12. The molecule has 0 aromatic heterocycles. The first-order valence-corrected chi connectivity index (χ1v) is 5.41. The van der Waals surface area contributed by atoms with Crippen LogP contribution in [0.4, 0.5) is 0 Å². The minimum Gasteiger partial charge on any atom is -0.305 e. The Kier molecular flexibility index (Phi) is 5.45. The van der Waals surface area contributed by atoms with Gasteiger partial charge < -0.3 is 4.84 Å². The van der Waals surface area contributed by atoms with Crippen molar-refractivity contribution in [1.82, 2.24) is 5.48 Å². The highest BCUT2D eigenvalue weighted by atomic mass is 32.2. The van der Waals surface area contributed by atoms with Gasteiger partial charge in [0.1, 0.15) is 9.84 Å². The maximum atomic E-state index is 10.9. The molecule has 4 nitrogen and oxygen atoms in total. The van der Waals surface area contributed by atoms with Crippen LogP contribution < -0.4 is 5.48 Å². The first kappa shape index (κ1) is 10.9. The fraction of sp³-hybridized carbons (Fsp3) is 1.00. The molecule has 0 aromatic carbocycles. The van der Waals surface area contributed by atoms with Gasteiger partial charge in [0.2, 0.25) is 0 Å². The van der Waals surface area contributed by atoms with E-state index in [9.17, 15) is 8.42 Å². The topological polar surface area (TPSA) is 55.4 Å². The maximum Gasteiger partial charge on any atom is 0.150 e. The van der Waals surface area contributed by atoms with Crippen molar-refractivity contribution in [2.75, 3.05) is 25.2 Å². The molecule has 0 rings (SSSR count). The molecule has 0 fully saturated rings. The summed E-state index contributed by atoms with van der Waals surface area (Å²) in [5, 5.41) is 0. The van der Waals surface area contributed by atoms with Crippen LogP contribution in [0.5, 0.6) is 0 Å². The van der Waals surface area contributed by atoms with Crippen LogP contribution in [0.15, 0.2) is 0 Å². The second-order valence-corrected chi connectivity index (χ2v) is 4.66. The molecule has 68 valence electrons. The fourth-order valence-corrected chi connectivity index (χ4v) is 1.48. The summed E-state index contributed by atoms with van der Waals surface area (Å²) in [5.41, 5.74) is 2.58. The zero-order chi connectivity index (χ0) is 8.74. The van der Waals surface area contributed by atoms with Gasteiger partial charge in [-0.15, -0.1) is 0 Å². The minimum absolute atomic E-state index is 0.222. The molecule has 0 aliphatic carbocycles. The van der Waals surface area contributed by atoms with E-state index in [2.05, 4.69) is 10.3 Å². The van der Waals surface area contributed by atoms with Crippen molar-refractivity contribution in [1.29, 1.82) is 0 Å². The Labute approximate surface area is 67.8 Å². The van der Waals surface area contributed by atoms with Crippen LogP contribution in [0.1, 0.15) is 13.3 Å². The second-order valence-electron chi connectivity index (χ2n) is 2.19.